The highest BCUT2D eigenvalue weighted by Crippen LogP contribution is 2.44. The number of carbonyl (C=O) groups is 1. The van der Waals surface area contributed by atoms with Crippen LogP contribution in [0.4, 0.5) is 0 Å². The molecular weight excluding hydrogens is 254 g/mol. The smallest absolute Gasteiger partial charge is 0.272 e. The summed E-state index contributed by atoms with van der Waals surface area (Å²) >= 11 is 0. The van der Waals surface area contributed by atoms with Crippen molar-refractivity contribution in [2.24, 2.45) is 5.92 Å². The second-order valence-corrected chi connectivity index (χ2v) is 6.46. The Labute approximate surface area is 119 Å². The highest BCUT2D eigenvalue weighted by molar-refractivity contribution is 5.93. The summed E-state index contributed by atoms with van der Waals surface area (Å²) in [6.45, 7) is 7.78. The minimum atomic E-state index is -0.617. The average molecular weight is 277 g/mol. The third-order valence-corrected chi connectivity index (χ3v) is 4.46. The van der Waals surface area contributed by atoms with Crippen molar-refractivity contribution in [3.63, 3.8) is 0 Å². The number of aromatic nitrogens is 2. The maximum Gasteiger partial charge on any atom is 0.272 e. The van der Waals surface area contributed by atoms with Gasteiger partial charge in [-0.1, -0.05) is 13.8 Å². The van der Waals surface area contributed by atoms with Gasteiger partial charge >= 0.3 is 0 Å². The molecule has 20 heavy (non-hydrogen) atoms. The van der Waals surface area contributed by atoms with Crippen molar-refractivity contribution >= 4 is 5.91 Å². The molecule has 1 N–H and O–H groups in total. The summed E-state index contributed by atoms with van der Waals surface area (Å²) < 4.78 is 1.77. The van der Waals surface area contributed by atoms with E-state index in [0.29, 0.717) is 37.2 Å². The molecule has 0 aromatic carbocycles. The second kappa shape index (κ2) is 4.58. The lowest BCUT2D eigenvalue weighted by Gasteiger charge is -2.46. The lowest BCUT2D eigenvalue weighted by Crippen LogP contribution is -2.64. The van der Waals surface area contributed by atoms with Crippen LogP contribution in [0.25, 0.3) is 0 Å². The fraction of sp³-hybridized carbons (Fsp3) is 0.733. The molecule has 3 rings (SSSR count). The molecule has 1 saturated carbocycles. The topological polar surface area (TPSA) is 58.4 Å². The molecule has 1 amide bonds. The van der Waals surface area contributed by atoms with Crippen LogP contribution in [0.5, 0.6) is 0 Å². The minimum Gasteiger partial charge on any atom is -0.386 e. The SMILES string of the molecule is CCn1nc(C(C)C)cc1C(=O)N1CC(O)(C2CC2)C1. The summed E-state index contributed by atoms with van der Waals surface area (Å²) in [4.78, 5) is 14.3. The van der Waals surface area contributed by atoms with Crippen LogP contribution in [0, 0.1) is 5.92 Å². The van der Waals surface area contributed by atoms with Crippen molar-refractivity contribution in [2.75, 3.05) is 13.1 Å². The lowest BCUT2D eigenvalue weighted by molar-refractivity contribution is -0.0961. The van der Waals surface area contributed by atoms with Crippen LogP contribution >= 0.6 is 0 Å². The van der Waals surface area contributed by atoms with Gasteiger partial charge in [0.15, 0.2) is 0 Å². The Hall–Kier alpha value is -1.36. The molecule has 5 nitrogen and oxygen atoms in total. The molecule has 2 aliphatic rings. The van der Waals surface area contributed by atoms with Crippen molar-refractivity contribution < 1.29 is 9.90 Å². The van der Waals surface area contributed by atoms with Gasteiger partial charge in [0.1, 0.15) is 11.3 Å². The largest absolute Gasteiger partial charge is 0.386 e. The van der Waals surface area contributed by atoms with Gasteiger partial charge in [0.2, 0.25) is 0 Å². The molecule has 110 valence electrons. The highest BCUT2D eigenvalue weighted by atomic mass is 16.3. The third kappa shape index (κ3) is 2.14. The fourth-order valence-electron chi connectivity index (χ4n) is 2.93. The number of hydrogen-bond acceptors (Lipinski definition) is 3. The molecule has 0 unspecified atom stereocenters. The quantitative estimate of drug-likeness (QED) is 0.910. The van der Waals surface area contributed by atoms with Gasteiger partial charge in [0.05, 0.1) is 18.8 Å². The molecular formula is C15H23N3O2. The van der Waals surface area contributed by atoms with Gasteiger partial charge in [-0.2, -0.15) is 5.10 Å². The standard InChI is InChI=1S/C15H23N3O2/c1-4-18-13(7-12(16-18)10(2)3)14(19)17-8-15(20,9-17)11-5-6-11/h7,10-11,20H,4-6,8-9H2,1-3H3. The van der Waals surface area contributed by atoms with Crippen LogP contribution in [-0.4, -0.2) is 44.4 Å². The molecule has 1 aromatic heterocycles. The van der Waals surface area contributed by atoms with E-state index < -0.39 is 5.60 Å². The Kier molecular flexibility index (Phi) is 3.12. The summed E-state index contributed by atoms with van der Waals surface area (Å²) in [5.41, 5.74) is 0.982. The summed E-state index contributed by atoms with van der Waals surface area (Å²) in [7, 11) is 0. The van der Waals surface area contributed by atoms with Gasteiger partial charge in [-0.05, 0) is 37.7 Å². The zero-order chi connectivity index (χ0) is 14.5. The van der Waals surface area contributed by atoms with Gasteiger partial charge in [-0.3, -0.25) is 9.48 Å². The van der Waals surface area contributed by atoms with Crippen LogP contribution in [0.1, 0.15) is 55.7 Å². The van der Waals surface area contributed by atoms with E-state index in [1.807, 2.05) is 13.0 Å². The zero-order valence-electron chi connectivity index (χ0n) is 12.5. The molecule has 0 bridgehead atoms. The monoisotopic (exact) mass is 277 g/mol. The van der Waals surface area contributed by atoms with E-state index in [9.17, 15) is 9.90 Å². The van der Waals surface area contributed by atoms with E-state index in [0.717, 1.165) is 18.5 Å². The molecule has 0 atom stereocenters. The number of β-amino-alcohol motifs (C(OH)–C–C–N with tert-alkyl or cyclic N) is 1. The average Bonchev–Trinajstić information content (AvgIpc) is 3.13. The first-order chi connectivity index (χ1) is 9.44. The Bertz CT molecular complexity index is 525. The Morgan fingerprint density at radius 3 is 2.65 bits per heavy atom. The van der Waals surface area contributed by atoms with Crippen molar-refractivity contribution in [1.29, 1.82) is 0 Å². The van der Waals surface area contributed by atoms with E-state index in [2.05, 4.69) is 18.9 Å². The molecule has 2 heterocycles. The summed E-state index contributed by atoms with van der Waals surface area (Å²) in [6, 6.07) is 1.89. The van der Waals surface area contributed by atoms with Crippen molar-refractivity contribution in [1.82, 2.24) is 14.7 Å². The number of nitrogens with zero attached hydrogens (tertiary/aromatic N) is 3. The number of amides is 1. The van der Waals surface area contributed by atoms with Crippen LogP contribution in [0.2, 0.25) is 0 Å². The lowest BCUT2D eigenvalue weighted by atomic mass is 9.88. The first-order valence-electron chi connectivity index (χ1n) is 7.54. The molecule has 0 radical (unpaired) electrons. The highest BCUT2D eigenvalue weighted by Gasteiger charge is 2.53. The van der Waals surface area contributed by atoms with Gasteiger partial charge in [0.25, 0.3) is 5.91 Å². The third-order valence-electron chi connectivity index (χ3n) is 4.46. The number of carbonyl (C=O) groups excluding carboxylic acids is 1. The van der Waals surface area contributed by atoms with Gasteiger partial charge in [-0.15, -0.1) is 0 Å². The number of rotatable bonds is 4. The van der Waals surface area contributed by atoms with Crippen LogP contribution in [0.3, 0.4) is 0 Å². The van der Waals surface area contributed by atoms with E-state index >= 15 is 0 Å². The van der Waals surface area contributed by atoms with Gasteiger partial charge < -0.3 is 10.0 Å². The summed E-state index contributed by atoms with van der Waals surface area (Å²) in [5.74, 6) is 0.722. The van der Waals surface area contributed by atoms with Gasteiger partial charge in [-0.25, -0.2) is 0 Å². The normalized spacial score (nSPS) is 21.1. The number of aliphatic hydroxyl groups is 1. The molecule has 5 heteroatoms. The zero-order valence-corrected chi connectivity index (χ0v) is 12.5. The Morgan fingerprint density at radius 2 is 2.15 bits per heavy atom. The van der Waals surface area contributed by atoms with Crippen LogP contribution in [-0.2, 0) is 6.54 Å². The van der Waals surface area contributed by atoms with Gasteiger partial charge in [0, 0.05) is 6.54 Å². The Morgan fingerprint density at radius 1 is 1.50 bits per heavy atom. The molecule has 0 spiro atoms. The number of hydrogen-bond donors (Lipinski definition) is 1. The van der Waals surface area contributed by atoms with Crippen LogP contribution < -0.4 is 0 Å². The van der Waals surface area contributed by atoms with Crippen molar-refractivity contribution in [3.8, 4) is 0 Å². The minimum absolute atomic E-state index is 0.00317. The van der Waals surface area contributed by atoms with E-state index in [4.69, 9.17) is 0 Å². The van der Waals surface area contributed by atoms with E-state index in [1.165, 1.54) is 0 Å². The van der Waals surface area contributed by atoms with Crippen LogP contribution in [0.15, 0.2) is 6.07 Å². The van der Waals surface area contributed by atoms with Crippen molar-refractivity contribution in [2.45, 2.75) is 51.7 Å². The molecule has 1 aliphatic heterocycles. The summed E-state index contributed by atoms with van der Waals surface area (Å²) in [5, 5.41) is 14.8. The second-order valence-electron chi connectivity index (χ2n) is 6.46. The Balaban J connectivity index is 1.74. The van der Waals surface area contributed by atoms with E-state index in [-0.39, 0.29) is 5.91 Å². The predicted molar refractivity (Wildman–Crippen MR) is 75.6 cm³/mol. The van der Waals surface area contributed by atoms with Crippen molar-refractivity contribution in [3.05, 3.63) is 17.5 Å². The molecule has 1 aromatic rings. The summed E-state index contributed by atoms with van der Waals surface area (Å²) in [6.07, 6.45) is 2.20. The van der Waals surface area contributed by atoms with E-state index in [1.54, 1.807) is 9.58 Å². The molecule has 1 aliphatic carbocycles. The predicted octanol–water partition coefficient (Wildman–Crippen LogP) is 1.62. The maximum absolute atomic E-state index is 12.5. The first-order valence-corrected chi connectivity index (χ1v) is 7.54. The molecule has 2 fully saturated rings. The first kappa shape index (κ1) is 13.6. The maximum atomic E-state index is 12.5. The molecule has 1 saturated heterocycles. The number of aryl methyl sites for hydroxylation is 1. The fourth-order valence-corrected chi connectivity index (χ4v) is 2.93. The number of likely N-dealkylation sites (tertiary alicyclic amines) is 1.